The molecule has 0 unspecified atom stereocenters. The molecule has 0 aromatic heterocycles. The maximum atomic E-state index is 12.0. The number of esters is 4. The van der Waals surface area contributed by atoms with E-state index in [0.717, 1.165) is 13.8 Å². The van der Waals surface area contributed by atoms with Crippen LogP contribution in [0.2, 0.25) is 0 Å². The second kappa shape index (κ2) is 12.3. The third kappa shape index (κ3) is 7.35. The minimum Gasteiger partial charge on any atom is -0.463 e. The number of ether oxygens (including phenoxy) is 7. The second-order valence-electron chi connectivity index (χ2n) is 8.23. The molecule has 0 aromatic rings. The van der Waals surface area contributed by atoms with Crippen molar-refractivity contribution >= 4 is 58.7 Å². The van der Waals surface area contributed by atoms with Gasteiger partial charge in [-0.15, -0.1) is 11.8 Å². The highest BCUT2D eigenvalue weighted by molar-refractivity contribution is 8.00. The predicted molar refractivity (Wildman–Crippen MR) is 127 cm³/mol. The van der Waals surface area contributed by atoms with Crippen LogP contribution in [0.5, 0.6) is 0 Å². The van der Waals surface area contributed by atoms with E-state index in [1.54, 1.807) is 0 Å². The Morgan fingerprint density at radius 3 is 2.17 bits per heavy atom. The van der Waals surface area contributed by atoms with E-state index in [2.05, 4.69) is 4.99 Å². The van der Waals surface area contributed by atoms with Crippen LogP contribution in [0.15, 0.2) is 4.99 Å². The number of rotatable bonds is 7. The number of hydrogen-bond donors (Lipinski definition) is 1. The number of thioether (sulfide) groups is 1. The number of aliphatic imine (C=N–C) groups is 1. The van der Waals surface area contributed by atoms with Gasteiger partial charge in [0.2, 0.25) is 0 Å². The average Bonchev–Trinajstić information content (AvgIpc) is 3.18. The fourth-order valence-electron chi connectivity index (χ4n) is 4.07. The summed E-state index contributed by atoms with van der Waals surface area (Å²) in [5.74, 6) is -2.67. The third-order valence-electron chi connectivity index (χ3n) is 5.32. The van der Waals surface area contributed by atoms with Gasteiger partial charge in [0.1, 0.15) is 18.1 Å². The highest BCUT2D eigenvalue weighted by atomic mass is 32.2. The van der Waals surface area contributed by atoms with Gasteiger partial charge >= 0.3 is 23.9 Å². The van der Waals surface area contributed by atoms with E-state index in [0.29, 0.717) is 12.1 Å². The van der Waals surface area contributed by atoms with Crippen LogP contribution < -0.4 is 5.73 Å². The van der Waals surface area contributed by atoms with Crippen molar-refractivity contribution in [1.29, 1.82) is 0 Å². The molecule has 8 atom stereocenters. The van der Waals surface area contributed by atoms with E-state index in [9.17, 15) is 19.2 Å². The maximum Gasteiger partial charge on any atom is 0.303 e. The number of thiocarbonyl (C=S) groups is 1. The molecule has 0 spiro atoms. The Kier molecular flexibility index (Phi) is 9.63. The summed E-state index contributed by atoms with van der Waals surface area (Å²) >= 11 is 6.11. The second-order valence-corrected chi connectivity index (χ2v) is 9.99. The van der Waals surface area contributed by atoms with Gasteiger partial charge in [0.15, 0.2) is 29.7 Å². The van der Waals surface area contributed by atoms with E-state index < -0.39 is 60.0 Å². The van der Waals surface area contributed by atoms with Crippen LogP contribution in [0.4, 0.5) is 0 Å². The van der Waals surface area contributed by atoms with Crippen molar-refractivity contribution in [2.75, 3.05) is 13.2 Å². The number of nitrogens with zero attached hydrogens (tertiary/aromatic N) is 1. The van der Waals surface area contributed by atoms with Gasteiger partial charge in [0, 0.05) is 39.4 Å². The first-order chi connectivity index (χ1) is 16.9. The minimum absolute atomic E-state index is 0.0707. The van der Waals surface area contributed by atoms with Crippen LogP contribution in [-0.4, -0.2) is 95.4 Å². The smallest absolute Gasteiger partial charge is 0.303 e. The monoisotopic (exact) mass is 548 g/mol. The standard InChI is InChI=1S/C21H28N2O11S2/c1-8(24)28-7-14-16(30-9(2)25)17(31-10(3)26)18(32-11(4)27)20(34-14)36-15-5-12(23-21(22)35)19-29-6-13(15)33-19/h13-20H,5-7H2,1-4H3,(H2,22,35)/b23-12-/t13-,14-,15-,16-,17+,18-,19-,20+/m1/s1. The summed E-state index contributed by atoms with van der Waals surface area (Å²) in [6, 6.07) is 0. The topological polar surface area (TPSA) is 171 Å². The lowest BCUT2D eigenvalue weighted by Crippen LogP contribution is -2.62. The Bertz CT molecular complexity index is 930. The summed E-state index contributed by atoms with van der Waals surface area (Å²) < 4.78 is 39.1. The van der Waals surface area contributed by atoms with Crippen molar-refractivity contribution in [3.8, 4) is 0 Å². The molecule has 3 heterocycles. The van der Waals surface area contributed by atoms with Gasteiger partial charge in [-0.2, -0.15) is 0 Å². The fourth-order valence-corrected chi connectivity index (χ4v) is 5.69. The van der Waals surface area contributed by atoms with Crippen molar-refractivity contribution in [2.24, 2.45) is 10.7 Å². The van der Waals surface area contributed by atoms with Gasteiger partial charge in [0.25, 0.3) is 0 Å². The third-order valence-corrected chi connectivity index (χ3v) is 6.88. The van der Waals surface area contributed by atoms with Crippen LogP contribution in [0, 0.1) is 0 Å². The van der Waals surface area contributed by atoms with Crippen LogP contribution in [0.3, 0.4) is 0 Å². The molecule has 3 rings (SSSR count). The maximum absolute atomic E-state index is 12.0. The Hall–Kier alpha value is -2.33. The van der Waals surface area contributed by atoms with E-state index in [1.165, 1.54) is 25.6 Å². The van der Waals surface area contributed by atoms with Crippen LogP contribution in [-0.2, 0) is 52.3 Å². The Morgan fingerprint density at radius 2 is 1.58 bits per heavy atom. The molecular weight excluding hydrogens is 520 g/mol. The van der Waals surface area contributed by atoms with Gasteiger partial charge in [-0.05, 0) is 12.2 Å². The quantitative estimate of drug-likeness (QED) is 0.256. The molecule has 0 saturated carbocycles. The molecule has 2 N–H and O–H groups in total. The largest absolute Gasteiger partial charge is 0.463 e. The van der Waals surface area contributed by atoms with Crippen molar-refractivity contribution in [3.63, 3.8) is 0 Å². The van der Waals surface area contributed by atoms with E-state index in [-0.39, 0.29) is 29.7 Å². The van der Waals surface area contributed by atoms with Gasteiger partial charge < -0.3 is 38.9 Å². The molecule has 0 aromatic carbocycles. The number of nitrogens with two attached hydrogens (primary N) is 1. The Morgan fingerprint density at radius 1 is 0.972 bits per heavy atom. The number of fused-ring (bicyclic) bond motifs is 2. The lowest BCUT2D eigenvalue weighted by molar-refractivity contribution is -0.237. The molecule has 3 aliphatic rings. The Balaban J connectivity index is 1.93. The van der Waals surface area contributed by atoms with E-state index in [1.807, 2.05) is 0 Å². The molecule has 0 radical (unpaired) electrons. The first kappa shape index (κ1) is 28.2. The predicted octanol–water partition coefficient (Wildman–Crippen LogP) is 0.00110. The lowest BCUT2D eigenvalue weighted by atomic mass is 9.99. The van der Waals surface area contributed by atoms with Crippen LogP contribution >= 0.6 is 24.0 Å². The molecule has 13 nitrogen and oxygen atoms in total. The zero-order chi connectivity index (χ0) is 26.6. The van der Waals surface area contributed by atoms with Gasteiger partial charge in [-0.1, -0.05) is 0 Å². The fraction of sp³-hybridized carbons (Fsp3) is 0.714. The van der Waals surface area contributed by atoms with Gasteiger partial charge in [-0.25, -0.2) is 4.99 Å². The minimum atomic E-state index is -1.25. The van der Waals surface area contributed by atoms with Crippen molar-refractivity contribution in [2.45, 2.75) is 81.6 Å². The van der Waals surface area contributed by atoms with E-state index in [4.69, 9.17) is 51.1 Å². The summed E-state index contributed by atoms with van der Waals surface area (Å²) in [5.41, 5.74) is 5.13. The molecule has 2 bridgehead atoms. The molecular formula is C21H28N2O11S2. The van der Waals surface area contributed by atoms with Gasteiger partial charge in [0.05, 0.1) is 18.4 Å². The zero-order valence-electron chi connectivity index (χ0n) is 20.1. The highest BCUT2D eigenvalue weighted by Gasteiger charge is 2.54. The average molecular weight is 549 g/mol. The summed E-state index contributed by atoms with van der Waals surface area (Å²) in [6.45, 7) is 4.68. The highest BCUT2D eigenvalue weighted by Crippen LogP contribution is 2.41. The number of carbonyl (C=O) groups is 4. The normalized spacial score (nSPS) is 34.5. The van der Waals surface area contributed by atoms with Crippen LogP contribution in [0.25, 0.3) is 0 Å². The molecule has 200 valence electrons. The van der Waals surface area contributed by atoms with Crippen molar-refractivity contribution < 1.29 is 52.3 Å². The molecule has 3 aliphatic heterocycles. The first-order valence-corrected chi connectivity index (χ1v) is 12.4. The summed E-state index contributed by atoms with van der Waals surface area (Å²) in [7, 11) is 0. The lowest BCUT2D eigenvalue weighted by Gasteiger charge is -2.45. The summed E-state index contributed by atoms with van der Waals surface area (Å²) in [6.07, 6.45) is -5.31. The molecule has 3 saturated heterocycles. The van der Waals surface area contributed by atoms with Crippen LogP contribution in [0.1, 0.15) is 34.1 Å². The SMILES string of the molecule is CC(=O)OC[C@H]1O[C@@H](S[C@@H]2C/C(=N/C(N)=S)[C@@H]3OC[C@H]2O3)[C@H](OC(C)=O)[C@@H](OC(C)=O)[C@@H]1OC(C)=O. The molecule has 15 heteroatoms. The summed E-state index contributed by atoms with van der Waals surface area (Å²) in [5, 5.41) is -0.379. The number of hydrogen-bond acceptors (Lipinski definition) is 13. The summed E-state index contributed by atoms with van der Waals surface area (Å²) in [4.78, 5) is 51.5. The molecule has 0 amide bonds. The van der Waals surface area contributed by atoms with Gasteiger partial charge in [-0.3, -0.25) is 19.2 Å². The van der Waals surface area contributed by atoms with E-state index >= 15 is 0 Å². The molecule has 3 fully saturated rings. The molecule has 0 aliphatic carbocycles. The zero-order valence-corrected chi connectivity index (χ0v) is 21.7. The Labute approximate surface area is 216 Å². The van der Waals surface area contributed by atoms with Crippen molar-refractivity contribution in [1.82, 2.24) is 0 Å². The van der Waals surface area contributed by atoms with Crippen molar-refractivity contribution in [3.05, 3.63) is 0 Å². The molecule has 36 heavy (non-hydrogen) atoms. The first-order valence-electron chi connectivity index (χ1n) is 11.0. The number of carbonyl (C=O) groups excluding carboxylic acids is 4.